The number of carboxylic acid groups (broad SMARTS) is 1. The van der Waals surface area contributed by atoms with Gasteiger partial charge in [-0.2, -0.15) is 0 Å². The number of carbonyl (C=O) groups is 1. The number of carboxylic acids is 1. The van der Waals surface area contributed by atoms with Gasteiger partial charge in [0.15, 0.2) is 0 Å². The molecule has 0 radical (unpaired) electrons. The molecule has 1 rings (SSSR count). The molecule has 0 amide bonds. The van der Waals surface area contributed by atoms with Crippen molar-refractivity contribution in [3.05, 3.63) is 29.8 Å². The average Bonchev–Trinajstić information content (AvgIpc) is 2.21. The fraction of sp³-hybridized carbons (Fsp3) is 0.222. The van der Waals surface area contributed by atoms with Crippen LogP contribution in [0, 0.1) is 0 Å². The van der Waals surface area contributed by atoms with Gasteiger partial charge in [-0.05, 0) is 24.0 Å². The summed E-state index contributed by atoms with van der Waals surface area (Å²) in [5.74, 6) is -2.19. The van der Waals surface area contributed by atoms with Crippen molar-refractivity contribution in [3.8, 4) is 5.75 Å². The van der Waals surface area contributed by atoms with Crippen LogP contribution in [-0.4, -0.2) is 22.2 Å². The molecule has 0 aliphatic rings. The highest BCUT2D eigenvalue weighted by Gasteiger charge is 2.11. The smallest absolute Gasteiger partial charge is 0.320 e. The van der Waals surface area contributed by atoms with Crippen molar-refractivity contribution in [1.29, 1.82) is 0 Å². The summed E-state index contributed by atoms with van der Waals surface area (Å²) in [6.07, 6.45) is -2.69. The molecule has 13 heavy (non-hydrogen) atoms. The Morgan fingerprint density at radius 1 is 1.77 bits per heavy atom. The molecule has 0 aliphatic heterocycles. The lowest BCUT2D eigenvalue weighted by molar-refractivity contribution is -0.138. The number of nitrogens with two attached hydrogens (primary N) is 1. The number of hydrogen-bond donors (Lipinski definition) is 3. The fourth-order valence-electron chi connectivity index (χ4n) is 0.703. The minimum Gasteiger partial charge on any atom is -0.508 e. The fourth-order valence-corrected chi connectivity index (χ4v) is 0.703. The molecule has 0 saturated carbocycles. The van der Waals surface area contributed by atoms with Crippen LogP contribution in [0.25, 0.3) is 0 Å². The van der Waals surface area contributed by atoms with Crippen LogP contribution in [0.4, 0.5) is 0 Å². The Balaban J connectivity index is 3.30. The van der Waals surface area contributed by atoms with Gasteiger partial charge in [0.2, 0.25) is 0 Å². The summed E-state index contributed by atoms with van der Waals surface area (Å²) >= 11 is 0. The van der Waals surface area contributed by atoms with Crippen molar-refractivity contribution in [3.63, 3.8) is 0 Å². The van der Waals surface area contributed by atoms with E-state index in [1.807, 2.05) is 0 Å². The Morgan fingerprint density at radius 3 is 3.00 bits per heavy atom. The highest BCUT2D eigenvalue weighted by Crippen LogP contribution is 2.10. The lowest BCUT2D eigenvalue weighted by Crippen LogP contribution is -2.32. The molecule has 4 heteroatoms. The summed E-state index contributed by atoms with van der Waals surface area (Å²) in [7, 11) is 0. The van der Waals surface area contributed by atoms with Crippen molar-refractivity contribution in [2.24, 2.45) is 5.73 Å². The van der Waals surface area contributed by atoms with Gasteiger partial charge in [0.1, 0.15) is 11.8 Å². The standard InChI is InChI=1S/C9H11NO3/c10-8(9(12)13)5-6-1-3-7(11)4-2-6/h1-4,8,11H,5,10H2,(H,12,13)/t8-/m1/s1/i3D,5D2,8D. The molecule has 0 bridgehead atoms. The number of rotatable bonds is 3. The minimum atomic E-state index is -2.88. The second-order valence-electron chi connectivity index (χ2n) is 2.31. The van der Waals surface area contributed by atoms with Gasteiger partial charge in [0, 0.05) is 2.74 Å². The summed E-state index contributed by atoms with van der Waals surface area (Å²) in [4.78, 5) is 10.7. The van der Waals surface area contributed by atoms with Crippen molar-refractivity contribution >= 4 is 5.97 Å². The monoisotopic (exact) mass is 185 g/mol. The van der Waals surface area contributed by atoms with Gasteiger partial charge in [-0.25, -0.2) is 0 Å². The van der Waals surface area contributed by atoms with E-state index in [1.165, 1.54) is 0 Å². The lowest BCUT2D eigenvalue weighted by Gasteiger charge is -2.05. The first-order chi connectivity index (χ1) is 7.60. The highest BCUT2D eigenvalue weighted by molar-refractivity contribution is 5.73. The van der Waals surface area contributed by atoms with Gasteiger partial charge in [-0.1, -0.05) is 12.1 Å². The normalized spacial score (nSPS) is 20.4. The van der Waals surface area contributed by atoms with E-state index in [2.05, 4.69) is 0 Å². The van der Waals surface area contributed by atoms with Gasteiger partial charge in [-0.15, -0.1) is 0 Å². The molecule has 0 heterocycles. The zero-order valence-electron chi connectivity index (χ0n) is 10.6. The van der Waals surface area contributed by atoms with Crippen LogP contribution in [0.3, 0.4) is 0 Å². The first-order valence-electron chi connectivity index (χ1n) is 5.43. The molecule has 70 valence electrons. The molecule has 0 fully saturated rings. The number of hydrogen-bond acceptors (Lipinski definition) is 3. The maximum absolute atomic E-state index is 10.7. The van der Waals surface area contributed by atoms with Crippen LogP contribution in [-0.2, 0) is 11.2 Å². The van der Waals surface area contributed by atoms with E-state index in [0.29, 0.717) is 0 Å². The molecule has 4 N–H and O–H groups in total. The molecule has 4 nitrogen and oxygen atoms in total. The number of benzene rings is 1. The Morgan fingerprint density at radius 2 is 2.46 bits per heavy atom. The molecule has 1 aromatic rings. The number of aromatic hydroxyl groups is 1. The van der Waals surface area contributed by atoms with E-state index in [1.54, 1.807) is 0 Å². The van der Waals surface area contributed by atoms with Gasteiger partial charge in [0.25, 0.3) is 0 Å². The van der Waals surface area contributed by atoms with E-state index in [4.69, 9.17) is 21.4 Å². The SMILES string of the molecule is [2H]c1cc(C([2H])([2H])[C@@]([2H])(N)C(=O)O)ccc1O. The average molecular weight is 185 g/mol. The van der Waals surface area contributed by atoms with Crippen molar-refractivity contribution in [2.75, 3.05) is 0 Å². The van der Waals surface area contributed by atoms with E-state index in [0.717, 1.165) is 18.2 Å². The van der Waals surface area contributed by atoms with Crippen LogP contribution >= 0.6 is 0 Å². The Labute approximate surface area is 81.2 Å². The van der Waals surface area contributed by atoms with Crippen LogP contribution in [0.15, 0.2) is 24.2 Å². The van der Waals surface area contributed by atoms with Crippen molar-refractivity contribution in [2.45, 2.75) is 12.4 Å². The molecule has 0 aliphatic carbocycles. The Kier molecular flexibility index (Phi) is 1.58. The maximum atomic E-state index is 10.7. The Bertz CT molecular complexity index is 462. The third kappa shape index (κ3) is 2.76. The second-order valence-corrected chi connectivity index (χ2v) is 2.31. The van der Waals surface area contributed by atoms with Crippen molar-refractivity contribution < 1.29 is 20.5 Å². The number of phenols is 1. The third-order valence-electron chi connectivity index (χ3n) is 1.31. The molecular weight excluding hydrogens is 170 g/mol. The quantitative estimate of drug-likeness (QED) is 0.634. The lowest BCUT2D eigenvalue weighted by atomic mass is 10.1. The summed E-state index contributed by atoms with van der Waals surface area (Å²) in [5, 5.41) is 17.8. The molecule has 0 saturated heterocycles. The summed E-state index contributed by atoms with van der Waals surface area (Å²) < 4.78 is 29.8. The van der Waals surface area contributed by atoms with E-state index >= 15 is 0 Å². The summed E-state index contributed by atoms with van der Waals surface area (Å²) in [6.45, 7) is 0. The predicted molar refractivity (Wildman–Crippen MR) is 47.4 cm³/mol. The second kappa shape index (κ2) is 3.91. The molecule has 0 aromatic heterocycles. The minimum absolute atomic E-state index is 0.250. The first-order valence-corrected chi connectivity index (χ1v) is 3.43. The third-order valence-corrected chi connectivity index (χ3v) is 1.31. The van der Waals surface area contributed by atoms with Crippen LogP contribution in [0.5, 0.6) is 5.75 Å². The van der Waals surface area contributed by atoms with Gasteiger partial charge >= 0.3 is 5.97 Å². The summed E-state index contributed by atoms with van der Waals surface area (Å²) in [5.41, 5.74) is 4.88. The van der Waals surface area contributed by atoms with Crippen LogP contribution in [0.2, 0.25) is 0 Å². The number of phenolic OH excluding ortho intramolecular Hbond substituents is 1. The Hall–Kier alpha value is -1.55. The maximum Gasteiger partial charge on any atom is 0.320 e. The van der Waals surface area contributed by atoms with Crippen LogP contribution in [0.1, 0.15) is 11.0 Å². The zero-order valence-corrected chi connectivity index (χ0v) is 6.61. The highest BCUT2D eigenvalue weighted by atomic mass is 16.4. The molecule has 1 aromatic carbocycles. The molecule has 0 unspecified atom stereocenters. The van der Waals surface area contributed by atoms with Gasteiger partial charge < -0.3 is 15.9 Å². The summed E-state index contributed by atoms with van der Waals surface area (Å²) in [6, 6.07) is -0.169. The molecule has 0 spiro atoms. The van der Waals surface area contributed by atoms with Gasteiger partial charge in [-0.3, -0.25) is 4.79 Å². The van der Waals surface area contributed by atoms with E-state index < -0.39 is 18.4 Å². The largest absolute Gasteiger partial charge is 0.508 e. The topological polar surface area (TPSA) is 83.6 Å². The number of aliphatic carboxylic acids is 1. The molecule has 1 atom stereocenters. The van der Waals surface area contributed by atoms with Gasteiger partial charge in [0.05, 0.1) is 2.74 Å². The predicted octanol–water partition coefficient (Wildman–Crippen LogP) is 0.347. The van der Waals surface area contributed by atoms with E-state index in [-0.39, 0.29) is 17.4 Å². The first kappa shape index (κ1) is 5.24. The van der Waals surface area contributed by atoms with Crippen molar-refractivity contribution in [1.82, 2.24) is 0 Å². The van der Waals surface area contributed by atoms with Crippen LogP contribution < -0.4 is 5.73 Å². The molecular formula is C9H11NO3. The zero-order chi connectivity index (χ0) is 13.4. The van der Waals surface area contributed by atoms with E-state index in [9.17, 15) is 4.79 Å².